The molecule has 2 aliphatic carbocycles. The van der Waals surface area contributed by atoms with Crippen LogP contribution in [-0.2, 0) is 4.79 Å². The van der Waals surface area contributed by atoms with Gasteiger partial charge < -0.3 is 16.0 Å². The van der Waals surface area contributed by atoms with Gasteiger partial charge >= 0.3 is 0 Å². The zero-order valence-corrected chi connectivity index (χ0v) is 13.2. The van der Waals surface area contributed by atoms with E-state index < -0.39 is 5.54 Å². The third-order valence-corrected chi connectivity index (χ3v) is 5.36. The second kappa shape index (κ2) is 6.90. The Morgan fingerprint density at radius 2 is 2.00 bits per heavy atom. The van der Waals surface area contributed by atoms with Crippen molar-refractivity contribution >= 4 is 5.91 Å². The van der Waals surface area contributed by atoms with Crippen LogP contribution in [0.4, 0.5) is 0 Å². The van der Waals surface area contributed by atoms with E-state index in [1.165, 1.54) is 38.6 Å². The second-order valence-electron chi connectivity index (χ2n) is 6.82. The van der Waals surface area contributed by atoms with Crippen LogP contribution in [0.3, 0.4) is 0 Å². The molecule has 0 aromatic rings. The molecule has 0 aliphatic heterocycles. The van der Waals surface area contributed by atoms with Crippen LogP contribution in [0, 0.1) is 5.92 Å². The molecule has 2 atom stereocenters. The summed E-state index contributed by atoms with van der Waals surface area (Å²) in [5.41, 5.74) is 5.22. The first-order valence-electron chi connectivity index (χ1n) is 8.32. The molecule has 0 bridgehead atoms. The van der Waals surface area contributed by atoms with Crippen LogP contribution in [0.15, 0.2) is 0 Å². The minimum atomic E-state index is -0.471. The van der Waals surface area contributed by atoms with Crippen molar-refractivity contribution < 1.29 is 4.79 Å². The maximum Gasteiger partial charge on any atom is 0.237 e. The zero-order valence-electron chi connectivity index (χ0n) is 13.2. The average Bonchev–Trinajstić information content (AvgIpc) is 2.92. The normalized spacial score (nSPS) is 31.9. The van der Waals surface area contributed by atoms with Crippen molar-refractivity contribution in [3.05, 3.63) is 0 Å². The van der Waals surface area contributed by atoms with Gasteiger partial charge in [-0.25, -0.2) is 0 Å². The van der Waals surface area contributed by atoms with E-state index in [1.54, 1.807) is 0 Å². The molecule has 2 unspecified atom stereocenters. The fraction of sp³-hybridized carbons (Fsp3) is 0.938. The highest BCUT2D eigenvalue weighted by Crippen LogP contribution is 2.32. The third-order valence-electron chi connectivity index (χ3n) is 5.36. The molecule has 0 aromatic carbocycles. The SMILES string of the molecule is CCNC1(C(N)=O)CCCC(N(C)CC2CCCC2)C1. The summed E-state index contributed by atoms with van der Waals surface area (Å²) in [6, 6.07) is 0.496. The fourth-order valence-electron chi connectivity index (χ4n) is 4.18. The summed E-state index contributed by atoms with van der Waals surface area (Å²) in [6.07, 6.45) is 9.61. The second-order valence-corrected chi connectivity index (χ2v) is 6.82. The van der Waals surface area contributed by atoms with Crippen LogP contribution in [0.2, 0.25) is 0 Å². The molecule has 116 valence electrons. The van der Waals surface area contributed by atoms with Gasteiger partial charge in [0.1, 0.15) is 0 Å². The Bertz CT molecular complexity index is 324. The molecule has 2 fully saturated rings. The number of hydrogen-bond donors (Lipinski definition) is 2. The summed E-state index contributed by atoms with van der Waals surface area (Å²) in [6.45, 7) is 4.05. The van der Waals surface area contributed by atoms with E-state index in [0.29, 0.717) is 6.04 Å². The number of nitrogens with zero attached hydrogens (tertiary/aromatic N) is 1. The lowest BCUT2D eigenvalue weighted by Gasteiger charge is -2.43. The van der Waals surface area contributed by atoms with E-state index in [-0.39, 0.29) is 5.91 Å². The molecule has 2 rings (SSSR count). The van der Waals surface area contributed by atoms with Crippen LogP contribution >= 0.6 is 0 Å². The predicted molar refractivity (Wildman–Crippen MR) is 82.4 cm³/mol. The van der Waals surface area contributed by atoms with E-state index in [0.717, 1.165) is 31.7 Å². The first kappa shape index (κ1) is 15.8. The van der Waals surface area contributed by atoms with Crippen LogP contribution < -0.4 is 11.1 Å². The largest absolute Gasteiger partial charge is 0.368 e. The molecule has 4 heteroatoms. The molecule has 0 radical (unpaired) electrons. The lowest BCUT2D eigenvalue weighted by Crippen LogP contribution is -2.60. The van der Waals surface area contributed by atoms with E-state index >= 15 is 0 Å². The van der Waals surface area contributed by atoms with Gasteiger partial charge in [-0.05, 0) is 58.0 Å². The van der Waals surface area contributed by atoms with Gasteiger partial charge in [0, 0.05) is 12.6 Å². The summed E-state index contributed by atoms with van der Waals surface area (Å²) >= 11 is 0. The van der Waals surface area contributed by atoms with Gasteiger partial charge in [-0.2, -0.15) is 0 Å². The Kier molecular flexibility index (Phi) is 5.44. The van der Waals surface area contributed by atoms with Crippen LogP contribution in [0.1, 0.15) is 58.3 Å². The summed E-state index contributed by atoms with van der Waals surface area (Å²) in [4.78, 5) is 14.4. The summed E-state index contributed by atoms with van der Waals surface area (Å²) < 4.78 is 0. The van der Waals surface area contributed by atoms with Crippen molar-refractivity contribution in [2.75, 3.05) is 20.1 Å². The summed E-state index contributed by atoms with van der Waals surface area (Å²) in [5, 5.41) is 3.37. The molecule has 0 spiro atoms. The number of carbonyl (C=O) groups is 1. The van der Waals surface area contributed by atoms with Crippen molar-refractivity contribution in [3.63, 3.8) is 0 Å². The Morgan fingerprint density at radius 3 is 2.60 bits per heavy atom. The number of amides is 1. The molecule has 0 heterocycles. The molecule has 1 amide bonds. The number of nitrogens with two attached hydrogens (primary N) is 1. The van der Waals surface area contributed by atoms with Gasteiger partial charge in [0.2, 0.25) is 5.91 Å². The Morgan fingerprint density at radius 1 is 1.30 bits per heavy atom. The van der Waals surface area contributed by atoms with Crippen LogP contribution in [0.25, 0.3) is 0 Å². The minimum Gasteiger partial charge on any atom is -0.368 e. The van der Waals surface area contributed by atoms with Crippen molar-refractivity contribution in [2.24, 2.45) is 11.7 Å². The van der Waals surface area contributed by atoms with Gasteiger partial charge in [0.05, 0.1) is 5.54 Å². The van der Waals surface area contributed by atoms with Gasteiger partial charge in [0.15, 0.2) is 0 Å². The molecule has 4 nitrogen and oxygen atoms in total. The standard InChI is InChI=1S/C16H31N3O/c1-3-18-16(15(17)20)10-6-9-14(11-16)19(2)12-13-7-4-5-8-13/h13-14,18H,3-12H2,1-2H3,(H2,17,20). The first-order valence-corrected chi connectivity index (χ1v) is 8.32. The first-order chi connectivity index (χ1) is 9.57. The number of hydrogen-bond acceptors (Lipinski definition) is 3. The van der Waals surface area contributed by atoms with Crippen molar-refractivity contribution in [1.82, 2.24) is 10.2 Å². The van der Waals surface area contributed by atoms with E-state index in [1.807, 2.05) is 0 Å². The number of rotatable bonds is 6. The van der Waals surface area contributed by atoms with Crippen molar-refractivity contribution in [2.45, 2.75) is 69.9 Å². The minimum absolute atomic E-state index is 0.168. The fourth-order valence-corrected chi connectivity index (χ4v) is 4.18. The maximum absolute atomic E-state index is 11.9. The Balaban J connectivity index is 1.95. The smallest absolute Gasteiger partial charge is 0.237 e. The molecule has 0 aromatic heterocycles. The molecule has 2 aliphatic rings. The Labute approximate surface area is 123 Å². The van der Waals surface area contributed by atoms with Crippen LogP contribution in [-0.4, -0.2) is 42.5 Å². The Hall–Kier alpha value is -0.610. The highest BCUT2D eigenvalue weighted by molar-refractivity contribution is 5.84. The molecule has 20 heavy (non-hydrogen) atoms. The topological polar surface area (TPSA) is 58.4 Å². The molecule has 3 N–H and O–H groups in total. The van der Waals surface area contributed by atoms with E-state index in [2.05, 4.69) is 24.2 Å². The number of carbonyl (C=O) groups excluding carboxylic acids is 1. The van der Waals surface area contributed by atoms with Gasteiger partial charge in [-0.15, -0.1) is 0 Å². The van der Waals surface area contributed by atoms with Crippen molar-refractivity contribution in [3.8, 4) is 0 Å². The lowest BCUT2D eigenvalue weighted by molar-refractivity contribution is -0.126. The molecular weight excluding hydrogens is 250 g/mol. The summed E-state index contributed by atoms with van der Waals surface area (Å²) in [7, 11) is 2.23. The summed E-state index contributed by atoms with van der Waals surface area (Å²) in [5.74, 6) is 0.697. The molecule has 2 saturated carbocycles. The quantitative estimate of drug-likeness (QED) is 0.781. The zero-order chi connectivity index (χ0) is 14.6. The molecular formula is C16H31N3O. The van der Waals surface area contributed by atoms with Crippen molar-refractivity contribution in [1.29, 1.82) is 0 Å². The number of likely N-dealkylation sites (N-methyl/N-ethyl adjacent to an activating group) is 1. The number of nitrogens with one attached hydrogen (secondary N) is 1. The number of primary amides is 1. The highest BCUT2D eigenvalue weighted by Gasteiger charge is 2.41. The highest BCUT2D eigenvalue weighted by atomic mass is 16.1. The van der Waals surface area contributed by atoms with Gasteiger partial charge in [0.25, 0.3) is 0 Å². The monoisotopic (exact) mass is 281 g/mol. The predicted octanol–water partition coefficient (Wildman–Crippen LogP) is 1.88. The average molecular weight is 281 g/mol. The maximum atomic E-state index is 11.9. The van der Waals surface area contributed by atoms with E-state index in [9.17, 15) is 4.79 Å². The van der Waals surface area contributed by atoms with Gasteiger partial charge in [-0.3, -0.25) is 4.79 Å². The lowest BCUT2D eigenvalue weighted by atomic mass is 9.77. The van der Waals surface area contributed by atoms with Crippen LogP contribution in [0.5, 0.6) is 0 Å². The van der Waals surface area contributed by atoms with Gasteiger partial charge in [-0.1, -0.05) is 19.8 Å². The molecule has 0 saturated heterocycles. The third kappa shape index (κ3) is 3.53. The van der Waals surface area contributed by atoms with E-state index in [4.69, 9.17) is 5.73 Å².